The van der Waals surface area contributed by atoms with Gasteiger partial charge >= 0.3 is 5.97 Å². The number of ether oxygens (including phenoxy) is 1. The van der Waals surface area contributed by atoms with Crippen LogP contribution in [0.3, 0.4) is 0 Å². The number of fused-ring (bicyclic) bond motifs is 1. The minimum absolute atomic E-state index is 0.265. The number of nitrogens with zero attached hydrogens (tertiary/aromatic N) is 1. The Labute approximate surface area is 156 Å². The summed E-state index contributed by atoms with van der Waals surface area (Å²) in [4.78, 5) is 40.6. The van der Waals surface area contributed by atoms with E-state index in [-0.39, 0.29) is 18.4 Å². The number of benzene rings is 1. The third-order valence-corrected chi connectivity index (χ3v) is 5.72. The Morgan fingerprint density at radius 3 is 2.52 bits per heavy atom. The van der Waals surface area contributed by atoms with E-state index in [2.05, 4.69) is 0 Å². The highest BCUT2D eigenvalue weighted by Crippen LogP contribution is 2.48. The highest BCUT2D eigenvalue weighted by Gasteiger charge is 2.73. The van der Waals surface area contributed by atoms with Gasteiger partial charge in [-0.3, -0.25) is 14.5 Å². The minimum atomic E-state index is -1.34. The molecule has 7 nitrogen and oxygen atoms in total. The van der Waals surface area contributed by atoms with Crippen molar-refractivity contribution in [3.05, 3.63) is 60.1 Å². The molecule has 140 valence electrons. The predicted molar refractivity (Wildman–Crippen MR) is 92.9 cm³/mol. The number of carbonyl (C=O) groups excluding carboxylic acids is 3. The molecule has 1 aromatic carbocycles. The molecule has 0 bridgehead atoms. The van der Waals surface area contributed by atoms with Crippen molar-refractivity contribution < 1.29 is 28.9 Å². The van der Waals surface area contributed by atoms with Crippen LogP contribution in [0.2, 0.25) is 0 Å². The van der Waals surface area contributed by atoms with Gasteiger partial charge in [0, 0.05) is 12.1 Å². The average Bonchev–Trinajstić information content (AvgIpc) is 3.39. The van der Waals surface area contributed by atoms with Crippen LogP contribution in [0.5, 0.6) is 0 Å². The first kappa shape index (κ1) is 17.5. The number of amides is 2. The first-order chi connectivity index (χ1) is 13.1. The fourth-order valence-electron chi connectivity index (χ4n) is 4.61. The van der Waals surface area contributed by atoms with Gasteiger partial charge in [0.15, 0.2) is 11.8 Å². The lowest BCUT2D eigenvalue weighted by atomic mass is 9.75. The summed E-state index contributed by atoms with van der Waals surface area (Å²) in [6.07, 6.45) is 1.53. The van der Waals surface area contributed by atoms with Gasteiger partial charge < -0.3 is 14.5 Å². The van der Waals surface area contributed by atoms with E-state index in [1.54, 1.807) is 36.5 Å². The summed E-state index contributed by atoms with van der Waals surface area (Å²) >= 11 is 0. The zero-order chi connectivity index (χ0) is 19.2. The van der Waals surface area contributed by atoms with Crippen LogP contribution in [0.15, 0.2) is 53.1 Å². The molecule has 2 N–H and O–H groups in total. The van der Waals surface area contributed by atoms with Crippen LogP contribution in [0, 0.1) is 11.8 Å². The molecular formula is C20H21N2O5+. The molecule has 7 heteroatoms. The topological polar surface area (TPSA) is 93.4 Å². The summed E-state index contributed by atoms with van der Waals surface area (Å²) in [6, 6.07) is 12.1. The third kappa shape index (κ3) is 2.28. The van der Waals surface area contributed by atoms with E-state index in [4.69, 9.17) is 9.15 Å². The fourth-order valence-corrected chi connectivity index (χ4v) is 4.61. The summed E-state index contributed by atoms with van der Waals surface area (Å²) in [5, 5.41) is 1.77. The molecule has 0 spiro atoms. The van der Waals surface area contributed by atoms with E-state index >= 15 is 0 Å². The second kappa shape index (κ2) is 6.35. The van der Waals surface area contributed by atoms with Gasteiger partial charge in [-0.2, -0.15) is 0 Å². The monoisotopic (exact) mass is 369 g/mol. The Kier molecular flexibility index (Phi) is 4.11. The summed E-state index contributed by atoms with van der Waals surface area (Å²) in [5.74, 6) is -2.14. The van der Waals surface area contributed by atoms with E-state index in [1.807, 2.05) is 18.2 Å². The van der Waals surface area contributed by atoms with Crippen LogP contribution in [0.25, 0.3) is 0 Å². The molecule has 1 aromatic heterocycles. The van der Waals surface area contributed by atoms with Gasteiger partial charge in [0.05, 0.1) is 13.4 Å². The number of methoxy groups -OCH3 is 1. The lowest BCUT2D eigenvalue weighted by Gasteiger charge is -2.29. The van der Waals surface area contributed by atoms with Crippen LogP contribution in [-0.4, -0.2) is 36.3 Å². The van der Waals surface area contributed by atoms with Gasteiger partial charge in [-0.1, -0.05) is 30.3 Å². The summed E-state index contributed by atoms with van der Waals surface area (Å²) in [6.45, 7) is 2.02. The molecule has 2 aliphatic heterocycles. The Morgan fingerprint density at radius 2 is 1.93 bits per heavy atom. The van der Waals surface area contributed by atoms with Crippen molar-refractivity contribution in [2.24, 2.45) is 11.8 Å². The molecule has 0 aliphatic carbocycles. The van der Waals surface area contributed by atoms with Crippen molar-refractivity contribution in [2.45, 2.75) is 18.5 Å². The van der Waals surface area contributed by atoms with Crippen molar-refractivity contribution in [3.8, 4) is 0 Å². The zero-order valence-electron chi connectivity index (χ0n) is 15.1. The van der Waals surface area contributed by atoms with Crippen LogP contribution < -0.4 is 5.32 Å². The molecule has 2 amide bonds. The molecule has 2 aromatic rings. The summed E-state index contributed by atoms with van der Waals surface area (Å²) < 4.78 is 10.7. The van der Waals surface area contributed by atoms with Crippen LogP contribution in [0.4, 0.5) is 0 Å². The molecule has 0 unspecified atom stereocenters. The Hall–Kier alpha value is -2.93. The third-order valence-electron chi connectivity index (χ3n) is 5.72. The van der Waals surface area contributed by atoms with Crippen LogP contribution >= 0.6 is 0 Å². The number of hydrogen-bond donors (Lipinski definition) is 1. The highest BCUT2D eigenvalue weighted by atomic mass is 16.5. The van der Waals surface area contributed by atoms with Gasteiger partial charge in [0.1, 0.15) is 11.8 Å². The van der Waals surface area contributed by atoms with Crippen molar-refractivity contribution in [2.75, 3.05) is 13.7 Å². The minimum Gasteiger partial charge on any atom is -0.464 e. The molecule has 4 rings (SSSR count). The number of furan rings is 1. The number of carbonyl (C=O) groups is 3. The molecule has 0 radical (unpaired) electrons. The first-order valence-corrected chi connectivity index (χ1v) is 8.94. The largest absolute Gasteiger partial charge is 0.464 e. The van der Waals surface area contributed by atoms with E-state index in [0.717, 1.165) is 0 Å². The highest BCUT2D eigenvalue weighted by molar-refractivity contribution is 6.08. The van der Waals surface area contributed by atoms with Crippen LogP contribution in [-0.2, 0) is 24.7 Å². The van der Waals surface area contributed by atoms with Crippen molar-refractivity contribution in [1.29, 1.82) is 0 Å². The Morgan fingerprint density at radius 1 is 1.19 bits per heavy atom. The molecule has 2 saturated heterocycles. The maximum absolute atomic E-state index is 13.2. The second-order valence-corrected chi connectivity index (χ2v) is 6.86. The van der Waals surface area contributed by atoms with E-state index < -0.39 is 29.4 Å². The number of rotatable bonds is 4. The molecule has 0 saturated carbocycles. The smallest absolute Gasteiger partial charge is 0.373 e. The number of likely N-dealkylation sites (tertiary alicyclic amines) is 1. The number of hydrogen-bond acceptors (Lipinski definition) is 5. The molecule has 4 atom stereocenters. The number of quaternary nitrogens is 1. The molecule has 2 aliphatic rings. The maximum atomic E-state index is 13.2. The van der Waals surface area contributed by atoms with Gasteiger partial charge in [0.2, 0.25) is 17.4 Å². The molecule has 3 heterocycles. The quantitative estimate of drug-likeness (QED) is 0.629. The van der Waals surface area contributed by atoms with Gasteiger partial charge in [0.25, 0.3) is 0 Å². The summed E-state index contributed by atoms with van der Waals surface area (Å²) in [5.41, 5.74) is -0.700. The van der Waals surface area contributed by atoms with E-state index in [1.165, 1.54) is 18.3 Å². The zero-order valence-corrected chi connectivity index (χ0v) is 15.1. The number of imide groups is 1. The second-order valence-electron chi connectivity index (χ2n) is 6.86. The standard InChI is InChI=1S/C20H20N2O5/c1-3-22-17(23)14-15(18(22)24)20(19(25)26-2,12-8-5-4-6-9-12)21-16(14)13-10-7-11-27-13/h4-11,14-16,21H,3H2,1-2H3/p+1/t14-,15-,16-,20+/m0/s1. The molecule has 2 fully saturated rings. The van der Waals surface area contributed by atoms with Crippen molar-refractivity contribution in [3.63, 3.8) is 0 Å². The first-order valence-electron chi connectivity index (χ1n) is 8.94. The average molecular weight is 369 g/mol. The van der Waals surface area contributed by atoms with Gasteiger partial charge in [-0.25, -0.2) is 4.79 Å². The van der Waals surface area contributed by atoms with E-state index in [9.17, 15) is 14.4 Å². The Bertz CT molecular complexity index is 879. The molecule has 27 heavy (non-hydrogen) atoms. The SMILES string of the molecule is CCN1C(=O)[C@H]2[C@@H](C1=O)[C@@](C(=O)OC)(c1ccccc1)[NH2+][C@H]2c1ccco1. The molecular weight excluding hydrogens is 348 g/mol. The normalized spacial score (nSPS) is 29.9. The fraction of sp³-hybridized carbons (Fsp3) is 0.350. The van der Waals surface area contributed by atoms with Gasteiger partial charge in [-0.15, -0.1) is 0 Å². The van der Waals surface area contributed by atoms with Crippen LogP contribution in [0.1, 0.15) is 24.3 Å². The van der Waals surface area contributed by atoms with Crippen molar-refractivity contribution >= 4 is 17.8 Å². The Balaban J connectivity index is 1.95. The van der Waals surface area contributed by atoms with Gasteiger partial charge in [-0.05, 0) is 19.1 Å². The summed E-state index contributed by atoms with van der Waals surface area (Å²) in [7, 11) is 1.30. The maximum Gasteiger partial charge on any atom is 0.373 e. The lowest BCUT2D eigenvalue weighted by Crippen LogP contribution is -2.96. The lowest BCUT2D eigenvalue weighted by molar-refractivity contribution is -0.743. The van der Waals surface area contributed by atoms with E-state index in [0.29, 0.717) is 11.3 Å². The van der Waals surface area contributed by atoms with Crippen molar-refractivity contribution in [1.82, 2.24) is 4.90 Å². The predicted octanol–water partition coefficient (Wildman–Crippen LogP) is 0.587. The number of nitrogens with two attached hydrogens (primary N) is 1. The number of esters is 1.